The summed E-state index contributed by atoms with van der Waals surface area (Å²) in [5, 5.41) is 11.6. The SMILES string of the molecule is O=C(CSC1=NCCC1)c1cccc([N+](=O)[O-])c1. The Morgan fingerprint density at radius 2 is 2.33 bits per heavy atom. The van der Waals surface area contributed by atoms with Crippen molar-refractivity contribution in [1.82, 2.24) is 0 Å². The predicted octanol–water partition coefficient (Wildman–Crippen LogP) is 2.70. The molecule has 0 unspecified atom stereocenters. The Bertz CT molecular complexity index is 514. The number of nitrogens with zero attached hydrogens (tertiary/aromatic N) is 2. The standard InChI is InChI=1S/C12H12N2O3S/c15-11(8-18-12-5-2-6-13-12)9-3-1-4-10(7-9)14(16)17/h1,3-4,7H,2,5-6,8H2. The van der Waals surface area contributed by atoms with Gasteiger partial charge in [0.25, 0.3) is 5.69 Å². The van der Waals surface area contributed by atoms with Crippen molar-refractivity contribution < 1.29 is 9.72 Å². The summed E-state index contributed by atoms with van der Waals surface area (Å²) in [6.07, 6.45) is 1.99. The van der Waals surface area contributed by atoms with Crippen molar-refractivity contribution in [3.63, 3.8) is 0 Å². The third-order valence-electron chi connectivity index (χ3n) is 2.59. The van der Waals surface area contributed by atoms with Gasteiger partial charge >= 0.3 is 0 Å². The predicted molar refractivity (Wildman–Crippen MR) is 71.4 cm³/mol. The zero-order chi connectivity index (χ0) is 13.0. The molecule has 94 valence electrons. The molecule has 0 N–H and O–H groups in total. The highest BCUT2D eigenvalue weighted by Gasteiger charge is 2.14. The third-order valence-corrected chi connectivity index (χ3v) is 3.66. The average Bonchev–Trinajstić information content (AvgIpc) is 2.89. The quantitative estimate of drug-likeness (QED) is 0.476. The molecule has 1 aliphatic heterocycles. The van der Waals surface area contributed by atoms with Gasteiger partial charge in [0.15, 0.2) is 5.78 Å². The van der Waals surface area contributed by atoms with Crippen LogP contribution in [-0.4, -0.2) is 28.0 Å². The van der Waals surface area contributed by atoms with E-state index in [4.69, 9.17) is 0 Å². The Kier molecular flexibility index (Phi) is 4.09. The molecule has 0 spiro atoms. The summed E-state index contributed by atoms with van der Waals surface area (Å²) in [5.41, 5.74) is 0.333. The zero-order valence-corrected chi connectivity index (χ0v) is 10.5. The minimum Gasteiger partial charge on any atom is -0.293 e. The van der Waals surface area contributed by atoms with Crippen LogP contribution in [0.25, 0.3) is 0 Å². The van der Waals surface area contributed by atoms with Crippen LogP contribution in [0.2, 0.25) is 0 Å². The molecule has 6 heteroatoms. The maximum Gasteiger partial charge on any atom is 0.270 e. The summed E-state index contributed by atoms with van der Waals surface area (Å²) in [4.78, 5) is 26.3. The van der Waals surface area contributed by atoms with Crippen molar-refractivity contribution >= 4 is 28.3 Å². The molecule has 2 rings (SSSR count). The van der Waals surface area contributed by atoms with E-state index in [1.54, 1.807) is 6.07 Å². The van der Waals surface area contributed by atoms with Crippen molar-refractivity contribution in [3.8, 4) is 0 Å². The second kappa shape index (κ2) is 5.77. The number of nitro groups is 1. The second-order valence-electron chi connectivity index (χ2n) is 3.90. The van der Waals surface area contributed by atoms with Crippen LogP contribution in [0.1, 0.15) is 23.2 Å². The first-order valence-corrected chi connectivity index (χ1v) is 6.59. The minimum absolute atomic E-state index is 0.0518. The molecule has 0 radical (unpaired) electrons. The van der Waals surface area contributed by atoms with Gasteiger partial charge in [-0.2, -0.15) is 0 Å². The molecule has 1 aromatic carbocycles. The molecule has 0 bridgehead atoms. The van der Waals surface area contributed by atoms with E-state index in [-0.39, 0.29) is 11.5 Å². The van der Waals surface area contributed by atoms with Gasteiger partial charge in [-0.3, -0.25) is 19.9 Å². The number of nitro benzene ring substituents is 1. The lowest BCUT2D eigenvalue weighted by Crippen LogP contribution is -2.05. The number of non-ortho nitro benzene ring substituents is 1. The van der Waals surface area contributed by atoms with Gasteiger partial charge in [-0.25, -0.2) is 0 Å². The van der Waals surface area contributed by atoms with Gasteiger partial charge in [-0.1, -0.05) is 12.1 Å². The lowest BCUT2D eigenvalue weighted by Gasteiger charge is -2.01. The molecular weight excluding hydrogens is 252 g/mol. The smallest absolute Gasteiger partial charge is 0.270 e. The molecule has 0 atom stereocenters. The number of hydrogen-bond acceptors (Lipinski definition) is 5. The molecule has 0 aromatic heterocycles. The highest BCUT2D eigenvalue weighted by Crippen LogP contribution is 2.19. The maximum absolute atomic E-state index is 11.9. The summed E-state index contributed by atoms with van der Waals surface area (Å²) >= 11 is 1.43. The summed E-state index contributed by atoms with van der Waals surface area (Å²) in [6, 6.07) is 5.83. The zero-order valence-electron chi connectivity index (χ0n) is 9.67. The first-order valence-electron chi connectivity index (χ1n) is 5.60. The monoisotopic (exact) mass is 264 g/mol. The molecule has 1 heterocycles. The average molecular weight is 264 g/mol. The molecule has 1 aliphatic rings. The van der Waals surface area contributed by atoms with Crippen LogP contribution in [0, 0.1) is 10.1 Å². The van der Waals surface area contributed by atoms with Gasteiger partial charge in [0.05, 0.1) is 15.7 Å². The first-order chi connectivity index (χ1) is 8.66. The summed E-state index contributed by atoms with van der Waals surface area (Å²) in [5.74, 6) is 0.193. The van der Waals surface area contributed by atoms with E-state index in [0.717, 1.165) is 24.4 Å². The van der Waals surface area contributed by atoms with Crippen LogP contribution in [0.15, 0.2) is 29.3 Å². The van der Waals surface area contributed by atoms with Gasteiger partial charge in [-0.15, -0.1) is 11.8 Å². The Morgan fingerprint density at radius 3 is 3.00 bits per heavy atom. The fourth-order valence-electron chi connectivity index (χ4n) is 1.66. The molecule has 18 heavy (non-hydrogen) atoms. The van der Waals surface area contributed by atoms with E-state index >= 15 is 0 Å². The highest BCUT2D eigenvalue weighted by molar-refractivity contribution is 8.14. The van der Waals surface area contributed by atoms with Crippen LogP contribution < -0.4 is 0 Å². The van der Waals surface area contributed by atoms with Crippen molar-refractivity contribution in [3.05, 3.63) is 39.9 Å². The van der Waals surface area contributed by atoms with Crippen molar-refractivity contribution in [2.75, 3.05) is 12.3 Å². The molecule has 0 amide bonds. The Balaban J connectivity index is 1.99. The largest absolute Gasteiger partial charge is 0.293 e. The fourth-order valence-corrected chi connectivity index (χ4v) is 2.59. The summed E-state index contributed by atoms with van der Waals surface area (Å²) in [7, 11) is 0. The van der Waals surface area contributed by atoms with Crippen LogP contribution in [0.4, 0.5) is 5.69 Å². The third kappa shape index (κ3) is 3.16. The van der Waals surface area contributed by atoms with E-state index in [1.165, 1.54) is 30.0 Å². The Morgan fingerprint density at radius 1 is 1.50 bits per heavy atom. The lowest BCUT2D eigenvalue weighted by molar-refractivity contribution is -0.384. The fraction of sp³-hybridized carbons (Fsp3) is 0.333. The number of benzene rings is 1. The topological polar surface area (TPSA) is 72.6 Å². The van der Waals surface area contributed by atoms with Crippen molar-refractivity contribution in [2.24, 2.45) is 4.99 Å². The van der Waals surface area contributed by atoms with Crippen LogP contribution in [0.5, 0.6) is 0 Å². The Hall–Kier alpha value is -1.69. The number of carbonyl (C=O) groups excluding carboxylic acids is 1. The molecular formula is C12H12N2O3S. The number of rotatable bonds is 4. The van der Waals surface area contributed by atoms with Crippen LogP contribution in [0.3, 0.4) is 0 Å². The lowest BCUT2D eigenvalue weighted by atomic mass is 10.1. The van der Waals surface area contributed by atoms with Gasteiger partial charge in [0, 0.05) is 24.2 Å². The van der Waals surface area contributed by atoms with Crippen molar-refractivity contribution in [1.29, 1.82) is 0 Å². The normalized spacial score (nSPS) is 14.3. The number of Topliss-reactive ketones (excluding diaryl/α,β-unsaturated/α-hetero) is 1. The summed E-state index contributed by atoms with van der Waals surface area (Å²) < 4.78 is 0. The molecule has 1 aromatic rings. The number of ketones is 1. The molecule has 0 fully saturated rings. The van der Waals surface area contributed by atoms with Gasteiger partial charge in [-0.05, 0) is 12.8 Å². The highest BCUT2D eigenvalue weighted by atomic mass is 32.2. The van der Waals surface area contributed by atoms with Gasteiger partial charge < -0.3 is 0 Å². The van der Waals surface area contributed by atoms with E-state index in [2.05, 4.69) is 4.99 Å². The molecule has 0 saturated carbocycles. The number of thioether (sulfide) groups is 1. The number of aliphatic imine (C=N–C) groups is 1. The van der Waals surface area contributed by atoms with E-state index in [1.807, 2.05) is 0 Å². The molecule has 0 saturated heterocycles. The number of carbonyl (C=O) groups is 1. The van der Waals surface area contributed by atoms with E-state index in [0.29, 0.717) is 11.3 Å². The minimum atomic E-state index is -0.495. The molecule has 5 nitrogen and oxygen atoms in total. The second-order valence-corrected chi connectivity index (χ2v) is 4.95. The van der Waals surface area contributed by atoms with Crippen molar-refractivity contribution in [2.45, 2.75) is 12.8 Å². The molecule has 0 aliphatic carbocycles. The van der Waals surface area contributed by atoms with Gasteiger partial charge in [0.1, 0.15) is 0 Å². The van der Waals surface area contributed by atoms with Crippen LogP contribution in [-0.2, 0) is 0 Å². The Labute approximate surface area is 108 Å². The van der Waals surface area contributed by atoms with Crippen LogP contribution >= 0.6 is 11.8 Å². The van der Waals surface area contributed by atoms with E-state index in [9.17, 15) is 14.9 Å². The summed E-state index contributed by atoms with van der Waals surface area (Å²) in [6.45, 7) is 0.841. The number of hydrogen-bond donors (Lipinski definition) is 0. The first kappa shape index (κ1) is 12.8. The maximum atomic E-state index is 11.9. The van der Waals surface area contributed by atoms with Gasteiger partial charge in [0.2, 0.25) is 0 Å². The van der Waals surface area contributed by atoms with E-state index < -0.39 is 4.92 Å².